The van der Waals surface area contributed by atoms with Crippen LogP contribution in [0.2, 0.25) is 0 Å². The molecule has 1 heterocycles. The molecule has 0 N–H and O–H groups in total. The van der Waals surface area contributed by atoms with E-state index in [0.29, 0.717) is 6.54 Å². The van der Waals surface area contributed by atoms with E-state index in [2.05, 4.69) is 12.2 Å². The highest BCUT2D eigenvalue weighted by Gasteiger charge is 2.59. The van der Waals surface area contributed by atoms with E-state index in [0.717, 1.165) is 12.0 Å². The Morgan fingerprint density at radius 2 is 1.65 bits per heavy atom. The van der Waals surface area contributed by atoms with Gasteiger partial charge in [0, 0.05) is 12.6 Å². The van der Waals surface area contributed by atoms with Gasteiger partial charge in [0.15, 0.2) is 0 Å². The minimum absolute atomic E-state index is 0.00661. The standard InChI is InChI=1S/C21H24N2O3/c1-13(2)22(11-14-6-4-3-5-7-14)17(24)12-23-20(25)18-15-8-9-16(10-15)19(18)21(23)26/h3-9,13,15-16,18-19H,10-12H2,1-2H3. The lowest BCUT2D eigenvalue weighted by molar-refractivity contribution is -0.148. The first kappa shape index (κ1) is 17.0. The molecule has 3 amide bonds. The van der Waals surface area contributed by atoms with Crippen LogP contribution < -0.4 is 0 Å². The van der Waals surface area contributed by atoms with E-state index >= 15 is 0 Å². The Morgan fingerprint density at radius 3 is 2.19 bits per heavy atom. The van der Waals surface area contributed by atoms with Crippen LogP contribution >= 0.6 is 0 Å². The van der Waals surface area contributed by atoms with Crippen molar-refractivity contribution in [2.75, 3.05) is 6.54 Å². The van der Waals surface area contributed by atoms with Crippen LogP contribution in [-0.2, 0) is 20.9 Å². The summed E-state index contributed by atoms with van der Waals surface area (Å²) in [5, 5.41) is 0. The van der Waals surface area contributed by atoms with Crippen molar-refractivity contribution in [1.82, 2.24) is 9.80 Å². The number of imide groups is 1. The molecule has 0 spiro atoms. The average Bonchev–Trinajstić information content (AvgIpc) is 3.30. The lowest BCUT2D eigenvalue weighted by Crippen LogP contribution is -2.45. The number of nitrogens with zero attached hydrogens (tertiary/aromatic N) is 2. The van der Waals surface area contributed by atoms with Gasteiger partial charge in [-0.25, -0.2) is 0 Å². The first-order chi connectivity index (χ1) is 12.5. The van der Waals surface area contributed by atoms with Gasteiger partial charge in [-0.15, -0.1) is 0 Å². The minimum atomic E-state index is -0.244. The fourth-order valence-electron chi connectivity index (χ4n) is 4.68. The summed E-state index contributed by atoms with van der Waals surface area (Å²) in [6.07, 6.45) is 5.04. The minimum Gasteiger partial charge on any atom is -0.334 e. The summed E-state index contributed by atoms with van der Waals surface area (Å²) < 4.78 is 0. The van der Waals surface area contributed by atoms with Crippen molar-refractivity contribution in [3.8, 4) is 0 Å². The van der Waals surface area contributed by atoms with E-state index < -0.39 is 0 Å². The van der Waals surface area contributed by atoms with Gasteiger partial charge in [-0.3, -0.25) is 19.3 Å². The van der Waals surface area contributed by atoms with Crippen LogP contribution in [0.4, 0.5) is 0 Å². The summed E-state index contributed by atoms with van der Waals surface area (Å²) in [6, 6.07) is 9.76. The lowest BCUT2D eigenvalue weighted by Gasteiger charge is -2.29. The highest BCUT2D eigenvalue weighted by molar-refractivity contribution is 6.08. The molecule has 0 radical (unpaired) electrons. The number of rotatable bonds is 5. The average molecular weight is 352 g/mol. The predicted octanol–water partition coefficient (Wildman–Crippen LogP) is 2.23. The third-order valence-electron chi connectivity index (χ3n) is 5.99. The van der Waals surface area contributed by atoms with Crippen LogP contribution in [0.1, 0.15) is 25.8 Å². The van der Waals surface area contributed by atoms with Crippen molar-refractivity contribution in [2.24, 2.45) is 23.7 Å². The molecule has 1 saturated heterocycles. The molecule has 4 rings (SSSR count). The van der Waals surface area contributed by atoms with E-state index in [4.69, 9.17) is 0 Å². The van der Waals surface area contributed by atoms with Gasteiger partial charge in [-0.05, 0) is 37.7 Å². The van der Waals surface area contributed by atoms with E-state index in [9.17, 15) is 14.4 Å². The van der Waals surface area contributed by atoms with Crippen molar-refractivity contribution in [2.45, 2.75) is 32.9 Å². The second-order valence-electron chi connectivity index (χ2n) is 7.86. The Balaban J connectivity index is 1.48. The van der Waals surface area contributed by atoms with Crippen LogP contribution in [-0.4, -0.2) is 40.1 Å². The van der Waals surface area contributed by atoms with Gasteiger partial charge in [-0.2, -0.15) is 0 Å². The number of fused-ring (bicyclic) bond motifs is 5. The van der Waals surface area contributed by atoms with Crippen molar-refractivity contribution in [3.63, 3.8) is 0 Å². The number of carbonyl (C=O) groups is 3. The normalized spacial score (nSPS) is 29.0. The Morgan fingerprint density at radius 1 is 1.08 bits per heavy atom. The van der Waals surface area contributed by atoms with Gasteiger partial charge < -0.3 is 4.90 Å². The number of likely N-dealkylation sites (tertiary alicyclic amines) is 1. The van der Waals surface area contributed by atoms with Crippen LogP contribution in [0.25, 0.3) is 0 Å². The Labute approximate surface area is 153 Å². The highest BCUT2D eigenvalue weighted by atomic mass is 16.2. The topological polar surface area (TPSA) is 57.7 Å². The molecule has 0 aromatic heterocycles. The molecule has 1 aromatic carbocycles. The third-order valence-corrected chi connectivity index (χ3v) is 5.99. The molecular formula is C21H24N2O3. The third kappa shape index (κ3) is 2.66. The van der Waals surface area contributed by atoms with Gasteiger partial charge >= 0.3 is 0 Å². The second-order valence-corrected chi connectivity index (χ2v) is 7.86. The van der Waals surface area contributed by atoms with Crippen molar-refractivity contribution >= 4 is 17.7 Å². The lowest BCUT2D eigenvalue weighted by atomic mass is 9.85. The smallest absolute Gasteiger partial charge is 0.243 e. The SMILES string of the molecule is CC(C)N(Cc1ccccc1)C(=O)CN1C(=O)C2C3C=CC(C3)C2C1=O. The molecule has 136 valence electrons. The molecule has 26 heavy (non-hydrogen) atoms. The number of carbonyl (C=O) groups excluding carboxylic acids is 3. The largest absolute Gasteiger partial charge is 0.334 e. The van der Waals surface area contributed by atoms with Crippen LogP contribution in [0, 0.1) is 23.7 Å². The summed E-state index contributed by atoms with van der Waals surface area (Å²) in [6.45, 7) is 4.24. The van der Waals surface area contributed by atoms with Crippen LogP contribution in [0.3, 0.4) is 0 Å². The molecule has 2 aliphatic carbocycles. The van der Waals surface area contributed by atoms with Gasteiger partial charge in [0.1, 0.15) is 6.54 Å². The summed E-state index contributed by atoms with van der Waals surface area (Å²) in [5.74, 6) is -0.633. The van der Waals surface area contributed by atoms with E-state index in [1.165, 1.54) is 4.90 Å². The molecule has 5 heteroatoms. The summed E-state index contributed by atoms with van der Waals surface area (Å²) in [5.41, 5.74) is 1.03. The van der Waals surface area contributed by atoms with Gasteiger partial charge in [0.05, 0.1) is 11.8 Å². The van der Waals surface area contributed by atoms with Gasteiger partial charge in [0.25, 0.3) is 0 Å². The maximum Gasteiger partial charge on any atom is 0.243 e. The number of benzene rings is 1. The molecule has 3 aliphatic rings. The first-order valence-corrected chi connectivity index (χ1v) is 9.34. The zero-order chi connectivity index (χ0) is 18.4. The predicted molar refractivity (Wildman–Crippen MR) is 96.6 cm³/mol. The molecular weight excluding hydrogens is 328 g/mol. The maximum atomic E-state index is 12.9. The van der Waals surface area contributed by atoms with E-state index in [1.807, 2.05) is 44.2 Å². The molecule has 5 nitrogen and oxygen atoms in total. The van der Waals surface area contributed by atoms with E-state index in [-0.39, 0.29) is 54.0 Å². The Hall–Kier alpha value is -2.43. The number of hydrogen-bond donors (Lipinski definition) is 0. The molecule has 2 bridgehead atoms. The van der Waals surface area contributed by atoms with Gasteiger partial charge in [0.2, 0.25) is 17.7 Å². The molecule has 2 fully saturated rings. The summed E-state index contributed by atoms with van der Waals surface area (Å²) >= 11 is 0. The zero-order valence-electron chi connectivity index (χ0n) is 15.2. The number of amides is 3. The quantitative estimate of drug-likeness (QED) is 0.603. The highest BCUT2D eigenvalue weighted by Crippen LogP contribution is 2.52. The Bertz CT molecular complexity index is 741. The molecule has 1 saturated carbocycles. The maximum absolute atomic E-state index is 12.9. The molecule has 1 aliphatic heterocycles. The van der Waals surface area contributed by atoms with E-state index in [1.54, 1.807) is 4.90 Å². The van der Waals surface area contributed by atoms with Crippen molar-refractivity contribution in [3.05, 3.63) is 48.0 Å². The second kappa shape index (κ2) is 6.38. The fraction of sp³-hybridized carbons (Fsp3) is 0.476. The van der Waals surface area contributed by atoms with Crippen LogP contribution in [0.15, 0.2) is 42.5 Å². The Kier molecular flexibility index (Phi) is 4.17. The van der Waals surface area contributed by atoms with Gasteiger partial charge in [-0.1, -0.05) is 42.5 Å². The monoisotopic (exact) mass is 352 g/mol. The fourth-order valence-corrected chi connectivity index (χ4v) is 4.68. The summed E-state index contributed by atoms with van der Waals surface area (Å²) in [4.78, 5) is 41.4. The molecule has 4 atom stereocenters. The number of hydrogen-bond acceptors (Lipinski definition) is 3. The molecule has 4 unspecified atom stereocenters. The van der Waals surface area contributed by atoms with Crippen molar-refractivity contribution < 1.29 is 14.4 Å². The van der Waals surface area contributed by atoms with Crippen LogP contribution in [0.5, 0.6) is 0 Å². The van der Waals surface area contributed by atoms with Crippen molar-refractivity contribution in [1.29, 1.82) is 0 Å². The molecule has 1 aromatic rings. The number of allylic oxidation sites excluding steroid dienone is 2. The summed E-state index contributed by atoms with van der Waals surface area (Å²) in [7, 11) is 0. The first-order valence-electron chi connectivity index (χ1n) is 9.34. The zero-order valence-corrected chi connectivity index (χ0v) is 15.2.